The lowest BCUT2D eigenvalue weighted by atomic mass is 10.2. The van der Waals surface area contributed by atoms with Crippen LogP contribution in [0.3, 0.4) is 0 Å². The van der Waals surface area contributed by atoms with Gasteiger partial charge >= 0.3 is 6.18 Å². The molecule has 0 radical (unpaired) electrons. The standard InChI is InChI=1S/C27H28F3N9O4/c1-26(2)42-22-6-5-17(10-23(22)43-26)12-32-24(40)20-15-38(36-34-20)7-3-4-8-39-16-21(35-37-39)25(41)33-13-18-9-19(14-31-11-18)27(28,29)30/h5-6,9-11,14-16H,3-4,7-8,12-13H2,1-2H3,(H,32,40)(H,33,41). The molecular weight excluding hydrogens is 571 g/mol. The van der Waals surface area contributed by atoms with Crippen LogP contribution in [0.1, 0.15) is 64.4 Å². The van der Waals surface area contributed by atoms with Crippen molar-refractivity contribution in [2.24, 2.45) is 0 Å². The van der Waals surface area contributed by atoms with Crippen molar-refractivity contribution < 1.29 is 32.2 Å². The quantitative estimate of drug-likeness (QED) is 0.248. The van der Waals surface area contributed by atoms with Gasteiger partial charge in [-0.1, -0.05) is 16.5 Å². The van der Waals surface area contributed by atoms with Crippen LogP contribution in [-0.2, 0) is 32.4 Å². The first-order valence-electron chi connectivity index (χ1n) is 13.3. The van der Waals surface area contributed by atoms with E-state index in [0.717, 1.165) is 17.8 Å². The summed E-state index contributed by atoms with van der Waals surface area (Å²) in [5.41, 5.74) is 0.393. The molecule has 1 aliphatic rings. The van der Waals surface area contributed by atoms with E-state index in [1.165, 1.54) is 17.1 Å². The average molecular weight is 600 g/mol. The van der Waals surface area contributed by atoms with Crippen molar-refractivity contribution in [3.63, 3.8) is 0 Å². The Bertz CT molecular complexity index is 1620. The molecule has 4 heterocycles. The van der Waals surface area contributed by atoms with Crippen molar-refractivity contribution >= 4 is 11.8 Å². The van der Waals surface area contributed by atoms with Gasteiger partial charge in [-0.3, -0.25) is 23.9 Å². The number of hydrogen-bond acceptors (Lipinski definition) is 9. The third-order valence-electron chi connectivity index (χ3n) is 6.31. The van der Waals surface area contributed by atoms with Crippen LogP contribution in [0.4, 0.5) is 13.2 Å². The highest BCUT2D eigenvalue weighted by Gasteiger charge is 2.32. The van der Waals surface area contributed by atoms with Crippen LogP contribution < -0.4 is 20.1 Å². The number of pyridine rings is 1. The Labute approximate surface area is 243 Å². The Morgan fingerprint density at radius 1 is 0.837 bits per heavy atom. The molecule has 0 saturated carbocycles. The molecule has 5 rings (SSSR count). The van der Waals surface area contributed by atoms with Gasteiger partial charge in [0, 0.05) is 52.4 Å². The smallest absolute Gasteiger partial charge is 0.417 e. The maximum atomic E-state index is 12.8. The minimum Gasteiger partial charge on any atom is -0.449 e. The van der Waals surface area contributed by atoms with Crippen molar-refractivity contribution in [1.82, 2.24) is 45.6 Å². The van der Waals surface area contributed by atoms with E-state index in [9.17, 15) is 22.8 Å². The number of carbonyl (C=O) groups is 2. The number of benzene rings is 1. The molecule has 2 N–H and O–H groups in total. The molecular formula is C27H28F3N9O4. The fourth-order valence-corrected chi connectivity index (χ4v) is 4.23. The first-order chi connectivity index (χ1) is 20.4. The Morgan fingerprint density at radius 2 is 1.42 bits per heavy atom. The van der Waals surface area contributed by atoms with E-state index in [0.29, 0.717) is 37.4 Å². The van der Waals surface area contributed by atoms with E-state index in [1.54, 1.807) is 16.9 Å². The number of alkyl halides is 3. The number of aryl methyl sites for hydroxylation is 2. The van der Waals surface area contributed by atoms with Crippen LogP contribution in [0.15, 0.2) is 49.1 Å². The zero-order chi connectivity index (χ0) is 30.6. The molecule has 4 aromatic rings. The van der Waals surface area contributed by atoms with E-state index in [1.807, 2.05) is 26.0 Å². The number of aromatic nitrogens is 7. The van der Waals surface area contributed by atoms with Crippen LogP contribution in [0.2, 0.25) is 0 Å². The van der Waals surface area contributed by atoms with Gasteiger partial charge in [-0.25, -0.2) is 0 Å². The molecule has 226 valence electrons. The predicted octanol–water partition coefficient (Wildman–Crippen LogP) is 3.13. The lowest BCUT2D eigenvalue weighted by Gasteiger charge is -2.16. The largest absolute Gasteiger partial charge is 0.449 e. The molecule has 13 nitrogen and oxygen atoms in total. The van der Waals surface area contributed by atoms with Crippen LogP contribution in [0.5, 0.6) is 11.5 Å². The Morgan fingerprint density at radius 3 is 2.02 bits per heavy atom. The van der Waals surface area contributed by atoms with Crippen molar-refractivity contribution in [2.45, 2.75) is 64.8 Å². The van der Waals surface area contributed by atoms with E-state index >= 15 is 0 Å². The van der Waals surface area contributed by atoms with Gasteiger partial charge in [-0.15, -0.1) is 10.2 Å². The molecule has 1 aliphatic heterocycles. The molecule has 0 spiro atoms. The number of fused-ring (bicyclic) bond motifs is 1. The Kier molecular flexibility index (Phi) is 8.27. The summed E-state index contributed by atoms with van der Waals surface area (Å²) in [5.74, 6) is -0.374. The van der Waals surface area contributed by atoms with Gasteiger partial charge in [-0.2, -0.15) is 13.2 Å². The van der Waals surface area contributed by atoms with Crippen LogP contribution >= 0.6 is 0 Å². The molecule has 1 aromatic carbocycles. The van der Waals surface area contributed by atoms with E-state index in [4.69, 9.17) is 9.47 Å². The predicted molar refractivity (Wildman–Crippen MR) is 143 cm³/mol. The molecule has 16 heteroatoms. The minimum atomic E-state index is -4.52. The number of rotatable bonds is 11. The SMILES string of the molecule is CC1(C)Oc2ccc(CNC(=O)c3cn(CCCCn4cc(C(=O)NCc5cncc(C(F)(F)F)c5)nn4)nn3)cc2O1. The summed E-state index contributed by atoms with van der Waals surface area (Å²) < 4.78 is 53.0. The summed E-state index contributed by atoms with van der Waals surface area (Å²) in [6.07, 6.45) is 1.82. The lowest BCUT2D eigenvalue weighted by Crippen LogP contribution is -2.29. The van der Waals surface area contributed by atoms with Crippen LogP contribution in [0, 0.1) is 0 Å². The fraction of sp³-hybridized carbons (Fsp3) is 0.370. The fourth-order valence-electron chi connectivity index (χ4n) is 4.23. The molecule has 0 fully saturated rings. The summed E-state index contributed by atoms with van der Waals surface area (Å²) in [6.45, 7) is 4.75. The summed E-state index contributed by atoms with van der Waals surface area (Å²) in [5, 5.41) is 21.0. The zero-order valence-electron chi connectivity index (χ0n) is 23.3. The molecule has 0 bridgehead atoms. The van der Waals surface area contributed by atoms with E-state index in [2.05, 4.69) is 36.2 Å². The summed E-state index contributed by atoms with van der Waals surface area (Å²) in [7, 11) is 0. The number of carbonyl (C=O) groups excluding carboxylic acids is 2. The highest BCUT2D eigenvalue weighted by molar-refractivity contribution is 5.92. The van der Waals surface area contributed by atoms with Gasteiger partial charge in [0.1, 0.15) is 0 Å². The number of unbranched alkanes of at least 4 members (excludes halogenated alkanes) is 1. The van der Waals surface area contributed by atoms with Gasteiger partial charge < -0.3 is 20.1 Å². The first kappa shape index (κ1) is 29.5. The maximum Gasteiger partial charge on any atom is 0.417 e. The number of ether oxygens (including phenoxy) is 2. The van der Waals surface area contributed by atoms with Gasteiger partial charge in [0.05, 0.1) is 18.0 Å². The summed E-state index contributed by atoms with van der Waals surface area (Å²) >= 11 is 0. The Balaban J connectivity index is 1.02. The number of nitrogens with one attached hydrogen (secondary N) is 2. The Hall–Kier alpha value is -5.02. The third-order valence-corrected chi connectivity index (χ3v) is 6.31. The summed E-state index contributed by atoms with van der Waals surface area (Å²) in [4.78, 5) is 28.5. The van der Waals surface area contributed by atoms with Crippen molar-refractivity contribution in [2.75, 3.05) is 0 Å². The van der Waals surface area contributed by atoms with Gasteiger partial charge in [0.15, 0.2) is 22.9 Å². The molecule has 0 atom stereocenters. The molecule has 2 amide bonds. The average Bonchev–Trinajstić information content (AvgIpc) is 3.70. The molecule has 3 aromatic heterocycles. The number of hydrogen-bond donors (Lipinski definition) is 2. The topological polar surface area (TPSA) is 151 Å². The second kappa shape index (κ2) is 12.1. The molecule has 0 unspecified atom stereocenters. The number of nitrogens with zero attached hydrogens (tertiary/aromatic N) is 7. The van der Waals surface area contributed by atoms with Crippen molar-refractivity contribution in [3.8, 4) is 11.5 Å². The molecule has 0 saturated heterocycles. The second-order valence-electron chi connectivity index (χ2n) is 10.3. The van der Waals surface area contributed by atoms with Crippen LogP contribution in [0.25, 0.3) is 0 Å². The van der Waals surface area contributed by atoms with Crippen molar-refractivity contribution in [1.29, 1.82) is 0 Å². The normalized spacial score (nSPS) is 13.6. The number of amides is 2. The maximum absolute atomic E-state index is 12.8. The molecule has 0 aliphatic carbocycles. The third kappa shape index (κ3) is 7.64. The van der Waals surface area contributed by atoms with Crippen LogP contribution in [-0.4, -0.2) is 52.6 Å². The van der Waals surface area contributed by atoms with E-state index in [-0.39, 0.29) is 35.9 Å². The monoisotopic (exact) mass is 599 g/mol. The highest BCUT2D eigenvalue weighted by atomic mass is 19.4. The van der Waals surface area contributed by atoms with Gasteiger partial charge in [0.2, 0.25) is 5.79 Å². The highest BCUT2D eigenvalue weighted by Crippen LogP contribution is 2.39. The van der Waals surface area contributed by atoms with Crippen molar-refractivity contribution in [3.05, 3.63) is 77.1 Å². The lowest BCUT2D eigenvalue weighted by molar-refractivity contribution is -0.137. The first-order valence-corrected chi connectivity index (χ1v) is 13.3. The van der Waals surface area contributed by atoms with Gasteiger partial charge in [0.25, 0.3) is 11.8 Å². The van der Waals surface area contributed by atoms with Gasteiger partial charge in [-0.05, 0) is 42.2 Å². The van der Waals surface area contributed by atoms with E-state index < -0.39 is 23.4 Å². The molecule has 43 heavy (non-hydrogen) atoms. The zero-order valence-corrected chi connectivity index (χ0v) is 23.3. The minimum absolute atomic E-state index is 0.0384. The number of halogens is 3. The summed E-state index contributed by atoms with van der Waals surface area (Å²) in [6, 6.07) is 6.41. The second-order valence-corrected chi connectivity index (χ2v) is 10.3.